The van der Waals surface area contributed by atoms with Crippen LogP contribution in [0.1, 0.15) is 25.0 Å². The van der Waals surface area contributed by atoms with Crippen molar-refractivity contribution in [1.29, 1.82) is 0 Å². The predicted molar refractivity (Wildman–Crippen MR) is 83.8 cm³/mol. The Morgan fingerprint density at radius 3 is 1.95 bits per heavy atom. The maximum Gasteiger partial charge on any atom is 0.146 e. The Morgan fingerprint density at radius 1 is 0.909 bits per heavy atom. The van der Waals surface area contributed by atoms with Crippen molar-refractivity contribution in [2.24, 2.45) is 0 Å². The number of aromatic hydroxyl groups is 3. The standard InChI is InChI=1S/C17H21NO4/c1-11(2)18-17(22,10-12-3-5-14(19)6-4-12)13-7-15(20)9-16(21)8-13/h3-9,11,18-22H,10H2,1-2H3. The van der Waals surface area contributed by atoms with Crippen molar-refractivity contribution in [1.82, 2.24) is 5.32 Å². The maximum atomic E-state index is 11.0. The molecule has 22 heavy (non-hydrogen) atoms. The Bertz CT molecular complexity index is 619. The summed E-state index contributed by atoms with van der Waals surface area (Å²) in [5.74, 6) is -0.0894. The van der Waals surface area contributed by atoms with E-state index < -0.39 is 5.72 Å². The molecule has 1 atom stereocenters. The van der Waals surface area contributed by atoms with Crippen LogP contribution in [-0.2, 0) is 12.1 Å². The molecule has 118 valence electrons. The van der Waals surface area contributed by atoms with E-state index in [1.165, 1.54) is 18.2 Å². The number of hydrogen-bond acceptors (Lipinski definition) is 5. The van der Waals surface area contributed by atoms with Gasteiger partial charge in [0, 0.05) is 24.1 Å². The summed E-state index contributed by atoms with van der Waals surface area (Å²) in [7, 11) is 0. The first-order chi connectivity index (χ1) is 10.3. The van der Waals surface area contributed by atoms with Gasteiger partial charge in [0.05, 0.1) is 0 Å². The van der Waals surface area contributed by atoms with Crippen LogP contribution in [0.2, 0.25) is 0 Å². The molecule has 0 heterocycles. The van der Waals surface area contributed by atoms with Gasteiger partial charge in [-0.3, -0.25) is 5.32 Å². The lowest BCUT2D eigenvalue weighted by Crippen LogP contribution is -2.47. The van der Waals surface area contributed by atoms with Gasteiger partial charge in [-0.2, -0.15) is 0 Å². The average molecular weight is 303 g/mol. The van der Waals surface area contributed by atoms with E-state index >= 15 is 0 Å². The topological polar surface area (TPSA) is 93.0 Å². The van der Waals surface area contributed by atoms with E-state index in [0.717, 1.165) is 5.56 Å². The lowest BCUT2D eigenvalue weighted by atomic mass is 9.93. The van der Waals surface area contributed by atoms with Gasteiger partial charge in [-0.15, -0.1) is 0 Å². The molecule has 0 radical (unpaired) electrons. The second-order valence-electron chi connectivity index (χ2n) is 5.74. The molecule has 0 saturated heterocycles. The predicted octanol–water partition coefficient (Wildman–Crippen LogP) is 2.19. The van der Waals surface area contributed by atoms with E-state index in [9.17, 15) is 20.4 Å². The minimum Gasteiger partial charge on any atom is -0.508 e. The Labute approximate surface area is 129 Å². The van der Waals surface area contributed by atoms with E-state index in [0.29, 0.717) is 5.56 Å². The molecule has 2 aromatic carbocycles. The molecule has 0 saturated carbocycles. The van der Waals surface area contributed by atoms with Crippen LogP contribution in [0.5, 0.6) is 17.2 Å². The molecule has 0 spiro atoms. The van der Waals surface area contributed by atoms with Gasteiger partial charge in [-0.25, -0.2) is 0 Å². The fraction of sp³-hybridized carbons (Fsp3) is 0.294. The van der Waals surface area contributed by atoms with Gasteiger partial charge in [-0.1, -0.05) is 12.1 Å². The third-order valence-electron chi connectivity index (χ3n) is 3.30. The van der Waals surface area contributed by atoms with E-state index in [1.54, 1.807) is 24.3 Å². The molecule has 5 nitrogen and oxygen atoms in total. The van der Waals surface area contributed by atoms with Crippen LogP contribution in [0.25, 0.3) is 0 Å². The molecular weight excluding hydrogens is 282 g/mol. The smallest absolute Gasteiger partial charge is 0.146 e. The van der Waals surface area contributed by atoms with E-state index in [-0.39, 0.29) is 29.7 Å². The van der Waals surface area contributed by atoms with Gasteiger partial charge >= 0.3 is 0 Å². The van der Waals surface area contributed by atoms with Crippen LogP contribution in [0, 0.1) is 0 Å². The molecule has 0 aliphatic rings. The maximum absolute atomic E-state index is 11.0. The zero-order valence-corrected chi connectivity index (χ0v) is 12.6. The largest absolute Gasteiger partial charge is 0.508 e. The number of benzene rings is 2. The van der Waals surface area contributed by atoms with Crippen LogP contribution in [0.4, 0.5) is 0 Å². The minimum atomic E-state index is -1.46. The lowest BCUT2D eigenvalue weighted by molar-refractivity contribution is -0.00770. The number of aliphatic hydroxyl groups is 1. The molecule has 0 aliphatic carbocycles. The van der Waals surface area contributed by atoms with Gasteiger partial charge in [0.25, 0.3) is 0 Å². The summed E-state index contributed by atoms with van der Waals surface area (Å²) in [5.41, 5.74) is -0.287. The number of nitrogens with one attached hydrogen (secondary N) is 1. The number of hydrogen-bond donors (Lipinski definition) is 5. The highest BCUT2D eigenvalue weighted by Gasteiger charge is 2.31. The Hall–Kier alpha value is -2.24. The fourth-order valence-electron chi connectivity index (χ4n) is 2.46. The van der Waals surface area contributed by atoms with Gasteiger partial charge in [0.15, 0.2) is 0 Å². The van der Waals surface area contributed by atoms with E-state index in [1.807, 2.05) is 13.8 Å². The zero-order chi connectivity index (χ0) is 16.3. The molecule has 5 heteroatoms. The van der Waals surface area contributed by atoms with Gasteiger partial charge in [-0.05, 0) is 43.7 Å². The summed E-state index contributed by atoms with van der Waals surface area (Å²) in [6, 6.07) is 10.5. The monoisotopic (exact) mass is 303 g/mol. The fourth-order valence-corrected chi connectivity index (χ4v) is 2.46. The highest BCUT2D eigenvalue weighted by Crippen LogP contribution is 2.30. The van der Waals surface area contributed by atoms with Crippen molar-refractivity contribution in [2.45, 2.75) is 32.0 Å². The van der Waals surface area contributed by atoms with Crippen LogP contribution < -0.4 is 5.32 Å². The van der Waals surface area contributed by atoms with Crippen LogP contribution in [0.3, 0.4) is 0 Å². The molecule has 1 unspecified atom stereocenters. The Balaban J connectivity index is 2.40. The summed E-state index contributed by atoms with van der Waals surface area (Å²) in [6.45, 7) is 3.79. The first-order valence-corrected chi connectivity index (χ1v) is 7.10. The molecule has 0 fully saturated rings. The second-order valence-corrected chi connectivity index (χ2v) is 5.74. The van der Waals surface area contributed by atoms with Crippen LogP contribution in [0.15, 0.2) is 42.5 Å². The zero-order valence-electron chi connectivity index (χ0n) is 12.6. The summed E-state index contributed by atoms with van der Waals surface area (Å²) >= 11 is 0. The van der Waals surface area contributed by atoms with Gasteiger partial charge in [0.2, 0.25) is 0 Å². The van der Waals surface area contributed by atoms with E-state index in [2.05, 4.69) is 5.32 Å². The normalized spacial score (nSPS) is 14.0. The summed E-state index contributed by atoms with van der Waals surface area (Å²) < 4.78 is 0. The SMILES string of the molecule is CC(C)NC(O)(Cc1ccc(O)cc1)c1cc(O)cc(O)c1. The minimum absolute atomic E-state index is 0.0217. The molecule has 5 N–H and O–H groups in total. The highest BCUT2D eigenvalue weighted by atomic mass is 16.3. The molecule has 0 aliphatic heterocycles. The van der Waals surface area contributed by atoms with E-state index in [4.69, 9.17) is 0 Å². The molecule has 0 bridgehead atoms. The average Bonchev–Trinajstić information content (AvgIpc) is 2.39. The van der Waals surface area contributed by atoms with Crippen molar-refractivity contribution >= 4 is 0 Å². The second kappa shape index (κ2) is 6.25. The van der Waals surface area contributed by atoms with Crippen molar-refractivity contribution < 1.29 is 20.4 Å². The quantitative estimate of drug-likeness (QED) is 0.546. The summed E-state index contributed by atoms with van der Waals surface area (Å²) in [6.07, 6.45) is 0.217. The van der Waals surface area contributed by atoms with Crippen LogP contribution >= 0.6 is 0 Å². The lowest BCUT2D eigenvalue weighted by Gasteiger charge is -2.32. The molecule has 0 aromatic heterocycles. The summed E-state index contributed by atoms with van der Waals surface area (Å²) in [4.78, 5) is 0. The molecule has 0 amide bonds. The third kappa shape index (κ3) is 3.90. The number of rotatable bonds is 5. The molecule has 2 rings (SSSR count). The Morgan fingerprint density at radius 2 is 1.45 bits per heavy atom. The van der Waals surface area contributed by atoms with Crippen molar-refractivity contribution in [3.63, 3.8) is 0 Å². The number of phenolic OH excluding ortho intramolecular Hbond substituents is 3. The van der Waals surface area contributed by atoms with Gasteiger partial charge in [0.1, 0.15) is 23.0 Å². The first kappa shape index (κ1) is 16.1. The molecule has 2 aromatic rings. The summed E-state index contributed by atoms with van der Waals surface area (Å²) in [5, 5.41) is 42.8. The Kier molecular flexibility index (Phi) is 4.59. The highest BCUT2D eigenvalue weighted by molar-refractivity contribution is 5.40. The number of phenols is 3. The van der Waals surface area contributed by atoms with Crippen LogP contribution in [-0.4, -0.2) is 26.5 Å². The van der Waals surface area contributed by atoms with Crippen molar-refractivity contribution in [3.05, 3.63) is 53.6 Å². The third-order valence-corrected chi connectivity index (χ3v) is 3.30. The van der Waals surface area contributed by atoms with Gasteiger partial charge < -0.3 is 20.4 Å². The van der Waals surface area contributed by atoms with Crippen molar-refractivity contribution in [3.8, 4) is 17.2 Å². The molecular formula is C17H21NO4. The first-order valence-electron chi connectivity index (χ1n) is 7.10. The van der Waals surface area contributed by atoms with Crippen molar-refractivity contribution in [2.75, 3.05) is 0 Å².